The van der Waals surface area contributed by atoms with Gasteiger partial charge in [0.15, 0.2) is 5.13 Å². The van der Waals surface area contributed by atoms with Gasteiger partial charge in [-0.25, -0.2) is 4.98 Å². The molecule has 0 atom stereocenters. The average Bonchev–Trinajstić information content (AvgIpc) is 3.04. The normalized spacial score (nSPS) is 15.9. The lowest BCUT2D eigenvalue weighted by molar-refractivity contribution is -0.115. The zero-order valence-electron chi connectivity index (χ0n) is 14.8. The number of amides is 1. The number of rotatable bonds is 6. The van der Waals surface area contributed by atoms with Crippen LogP contribution in [-0.2, 0) is 17.8 Å². The zero-order chi connectivity index (χ0) is 17.6. The molecule has 1 aromatic carbocycles. The van der Waals surface area contributed by atoms with Gasteiger partial charge in [-0.2, -0.15) is 0 Å². The van der Waals surface area contributed by atoms with E-state index in [-0.39, 0.29) is 12.3 Å². The summed E-state index contributed by atoms with van der Waals surface area (Å²) in [4.78, 5) is 19.3. The number of benzene rings is 1. The lowest BCUT2D eigenvalue weighted by Gasteiger charge is -2.29. The predicted octanol–water partition coefficient (Wildman–Crippen LogP) is 3.56. The second-order valence-corrected chi connectivity index (χ2v) is 7.50. The number of nitrogens with zero attached hydrogens (tertiary/aromatic N) is 2. The molecule has 134 valence electrons. The van der Waals surface area contributed by atoms with E-state index in [0.29, 0.717) is 5.13 Å². The molecule has 1 aliphatic heterocycles. The van der Waals surface area contributed by atoms with Gasteiger partial charge >= 0.3 is 0 Å². The van der Waals surface area contributed by atoms with Crippen LogP contribution in [0.2, 0.25) is 0 Å². The van der Waals surface area contributed by atoms with Gasteiger partial charge in [0, 0.05) is 17.5 Å². The van der Waals surface area contributed by atoms with Crippen molar-refractivity contribution >= 4 is 22.4 Å². The maximum absolute atomic E-state index is 12.3. The number of para-hydroxylation sites is 1. The number of likely N-dealkylation sites (tertiary alicyclic amines) is 1. The minimum atomic E-state index is -0.0720. The summed E-state index contributed by atoms with van der Waals surface area (Å²) < 4.78 is 5.29. The molecule has 1 N–H and O–H groups in total. The first-order valence-corrected chi connectivity index (χ1v) is 9.60. The molecule has 0 bridgehead atoms. The van der Waals surface area contributed by atoms with Crippen LogP contribution in [0.4, 0.5) is 5.13 Å². The van der Waals surface area contributed by atoms with Crippen molar-refractivity contribution < 1.29 is 9.53 Å². The average molecular weight is 359 g/mol. The molecule has 0 spiro atoms. The number of hydrogen-bond donors (Lipinski definition) is 1. The van der Waals surface area contributed by atoms with Crippen molar-refractivity contribution in [1.82, 2.24) is 9.88 Å². The van der Waals surface area contributed by atoms with Crippen molar-refractivity contribution in [2.45, 2.75) is 32.7 Å². The highest BCUT2D eigenvalue weighted by Gasteiger charge is 2.17. The smallest absolute Gasteiger partial charge is 0.230 e. The summed E-state index contributed by atoms with van der Waals surface area (Å²) in [6.07, 6.45) is 2.79. The highest BCUT2D eigenvalue weighted by Crippen LogP contribution is 2.22. The molecule has 3 rings (SSSR count). The number of anilines is 1. The summed E-state index contributed by atoms with van der Waals surface area (Å²) in [5.74, 6) is 1.49. The molecule has 2 aromatic rings. The molecular weight excluding hydrogens is 334 g/mol. The quantitative estimate of drug-likeness (QED) is 0.857. The fourth-order valence-corrected chi connectivity index (χ4v) is 3.79. The summed E-state index contributed by atoms with van der Waals surface area (Å²) in [6.45, 7) is 5.45. The molecule has 0 radical (unpaired) electrons. The number of hydrogen-bond acceptors (Lipinski definition) is 5. The minimum absolute atomic E-state index is 0.0720. The van der Waals surface area contributed by atoms with Crippen molar-refractivity contribution in [2.24, 2.45) is 5.92 Å². The number of carbonyl (C=O) groups excluding carboxylic acids is 1. The predicted molar refractivity (Wildman–Crippen MR) is 101 cm³/mol. The Labute approximate surface area is 153 Å². The van der Waals surface area contributed by atoms with Gasteiger partial charge in [-0.1, -0.05) is 25.1 Å². The van der Waals surface area contributed by atoms with Crippen LogP contribution < -0.4 is 10.1 Å². The summed E-state index contributed by atoms with van der Waals surface area (Å²) in [6, 6.07) is 7.58. The molecule has 6 heteroatoms. The minimum Gasteiger partial charge on any atom is -0.496 e. The van der Waals surface area contributed by atoms with Crippen LogP contribution in [0.5, 0.6) is 5.75 Å². The van der Waals surface area contributed by atoms with Gasteiger partial charge in [-0.3, -0.25) is 9.69 Å². The highest BCUT2D eigenvalue weighted by atomic mass is 32.1. The molecular formula is C19H25N3O2S. The Morgan fingerprint density at radius 3 is 2.88 bits per heavy atom. The number of aromatic nitrogens is 1. The van der Waals surface area contributed by atoms with Gasteiger partial charge in [0.05, 0.1) is 19.2 Å². The molecule has 1 aromatic heterocycles. The lowest BCUT2D eigenvalue weighted by Crippen LogP contribution is -2.32. The van der Waals surface area contributed by atoms with Gasteiger partial charge in [0.1, 0.15) is 5.75 Å². The molecule has 0 saturated carbocycles. The van der Waals surface area contributed by atoms with Crippen LogP contribution in [0.25, 0.3) is 0 Å². The Balaban J connectivity index is 1.53. The summed E-state index contributed by atoms with van der Waals surface area (Å²) in [5.41, 5.74) is 1.91. The monoisotopic (exact) mass is 359 g/mol. The first kappa shape index (κ1) is 17.9. The third-order valence-corrected chi connectivity index (χ3v) is 5.41. The number of piperidine rings is 1. The van der Waals surface area contributed by atoms with E-state index in [1.165, 1.54) is 24.2 Å². The lowest BCUT2D eigenvalue weighted by atomic mass is 9.99. The molecule has 0 unspecified atom stereocenters. The summed E-state index contributed by atoms with van der Waals surface area (Å²) in [5, 5.41) is 5.61. The van der Waals surface area contributed by atoms with Gasteiger partial charge in [-0.15, -0.1) is 11.3 Å². The number of thiazole rings is 1. The second-order valence-electron chi connectivity index (χ2n) is 6.64. The van der Waals surface area contributed by atoms with Crippen molar-refractivity contribution in [3.8, 4) is 5.75 Å². The Morgan fingerprint density at radius 2 is 2.12 bits per heavy atom. The largest absolute Gasteiger partial charge is 0.496 e. The van der Waals surface area contributed by atoms with Gasteiger partial charge in [0.2, 0.25) is 5.91 Å². The molecule has 1 saturated heterocycles. The number of carbonyl (C=O) groups is 1. The molecule has 5 nitrogen and oxygen atoms in total. The third-order valence-electron chi connectivity index (χ3n) is 4.60. The van der Waals surface area contributed by atoms with Crippen LogP contribution >= 0.6 is 11.3 Å². The van der Waals surface area contributed by atoms with Crippen LogP contribution in [0, 0.1) is 5.92 Å². The first-order valence-electron chi connectivity index (χ1n) is 8.72. The van der Waals surface area contributed by atoms with Crippen LogP contribution in [-0.4, -0.2) is 36.0 Å². The summed E-state index contributed by atoms with van der Waals surface area (Å²) in [7, 11) is 1.62. The maximum Gasteiger partial charge on any atom is 0.230 e. The Kier molecular flexibility index (Phi) is 6.04. The molecule has 1 aliphatic rings. The molecule has 25 heavy (non-hydrogen) atoms. The fraction of sp³-hybridized carbons (Fsp3) is 0.474. The molecule has 1 fully saturated rings. The molecule has 2 heterocycles. The summed E-state index contributed by atoms with van der Waals surface area (Å²) >= 11 is 1.49. The van der Waals surface area contributed by atoms with Crippen molar-refractivity contribution in [3.63, 3.8) is 0 Å². The third kappa shape index (κ3) is 5.03. The van der Waals surface area contributed by atoms with E-state index in [4.69, 9.17) is 4.74 Å². The van der Waals surface area contributed by atoms with E-state index in [1.807, 2.05) is 29.6 Å². The highest BCUT2D eigenvalue weighted by molar-refractivity contribution is 7.13. The number of nitrogens with one attached hydrogen (secondary N) is 1. The Hall–Kier alpha value is -1.92. The van der Waals surface area contributed by atoms with Crippen LogP contribution in [0.15, 0.2) is 29.6 Å². The van der Waals surface area contributed by atoms with Gasteiger partial charge in [-0.05, 0) is 37.9 Å². The van der Waals surface area contributed by atoms with E-state index < -0.39 is 0 Å². The SMILES string of the molecule is COc1ccccc1CC(=O)Nc1nc(CN2CCC(C)CC2)cs1. The zero-order valence-corrected chi connectivity index (χ0v) is 15.6. The van der Waals surface area contributed by atoms with E-state index in [2.05, 4.69) is 22.1 Å². The maximum atomic E-state index is 12.3. The van der Waals surface area contributed by atoms with E-state index in [0.717, 1.165) is 42.6 Å². The topological polar surface area (TPSA) is 54.5 Å². The van der Waals surface area contributed by atoms with E-state index >= 15 is 0 Å². The Morgan fingerprint density at radius 1 is 1.36 bits per heavy atom. The molecule has 1 amide bonds. The number of methoxy groups -OCH3 is 1. The van der Waals surface area contributed by atoms with Crippen molar-refractivity contribution in [3.05, 3.63) is 40.9 Å². The van der Waals surface area contributed by atoms with E-state index in [9.17, 15) is 4.79 Å². The number of ether oxygens (including phenoxy) is 1. The first-order chi connectivity index (χ1) is 12.1. The van der Waals surface area contributed by atoms with Crippen molar-refractivity contribution in [1.29, 1.82) is 0 Å². The van der Waals surface area contributed by atoms with Gasteiger partial charge < -0.3 is 10.1 Å². The van der Waals surface area contributed by atoms with Gasteiger partial charge in [0.25, 0.3) is 0 Å². The standard InChI is InChI=1S/C19H25N3O2S/c1-14-7-9-22(10-8-14)12-16-13-25-19(20-16)21-18(23)11-15-5-3-4-6-17(15)24-2/h3-6,13-14H,7-12H2,1-2H3,(H,20,21,23). The Bertz CT molecular complexity index is 708. The second kappa shape index (κ2) is 8.45. The van der Waals surface area contributed by atoms with E-state index in [1.54, 1.807) is 7.11 Å². The molecule has 0 aliphatic carbocycles. The van der Waals surface area contributed by atoms with Crippen LogP contribution in [0.3, 0.4) is 0 Å². The fourth-order valence-electron chi connectivity index (χ4n) is 3.07. The van der Waals surface area contributed by atoms with Crippen molar-refractivity contribution in [2.75, 3.05) is 25.5 Å². The van der Waals surface area contributed by atoms with Crippen LogP contribution in [0.1, 0.15) is 31.0 Å².